The first-order valence-electron chi connectivity index (χ1n) is 10.9. The molecule has 2 fully saturated rings. The normalized spacial score (nSPS) is 22.6. The highest BCUT2D eigenvalue weighted by molar-refractivity contribution is 6.42. The van der Waals surface area contributed by atoms with Crippen molar-refractivity contribution in [3.8, 4) is 22.9 Å². The van der Waals surface area contributed by atoms with Crippen LogP contribution in [0.1, 0.15) is 12.8 Å². The topological polar surface area (TPSA) is 73.5 Å². The molecule has 2 aliphatic rings. The summed E-state index contributed by atoms with van der Waals surface area (Å²) < 4.78 is 26.5. The van der Waals surface area contributed by atoms with E-state index in [0.29, 0.717) is 34.9 Å². The number of methoxy groups -OCH3 is 1. The molecule has 1 aliphatic carbocycles. The maximum atomic E-state index is 14.7. The van der Waals surface area contributed by atoms with Crippen LogP contribution in [0.4, 0.5) is 10.2 Å². The summed E-state index contributed by atoms with van der Waals surface area (Å²) in [4.78, 5) is 11.2. The molecule has 33 heavy (non-hydrogen) atoms. The first kappa shape index (κ1) is 22.4. The molecule has 2 aromatic carbocycles. The molecule has 1 saturated heterocycles. The summed E-state index contributed by atoms with van der Waals surface area (Å²) in [5, 5.41) is 0.541. The van der Waals surface area contributed by atoms with Gasteiger partial charge >= 0.3 is 0 Å². The lowest BCUT2D eigenvalue weighted by Gasteiger charge is -2.17. The Balaban J connectivity index is 1.44. The van der Waals surface area contributed by atoms with Crippen molar-refractivity contribution >= 4 is 39.9 Å². The Hall–Kier alpha value is -2.35. The van der Waals surface area contributed by atoms with Crippen LogP contribution in [0.3, 0.4) is 0 Å². The van der Waals surface area contributed by atoms with Crippen LogP contribution in [0.2, 0.25) is 10.0 Å². The molecule has 2 heterocycles. The lowest BCUT2D eigenvalue weighted by Crippen LogP contribution is -2.18. The van der Waals surface area contributed by atoms with E-state index >= 15 is 0 Å². The van der Waals surface area contributed by atoms with E-state index in [4.69, 9.17) is 38.4 Å². The third-order valence-corrected chi connectivity index (χ3v) is 7.57. The molecule has 1 saturated carbocycles. The third kappa shape index (κ3) is 4.18. The Morgan fingerprint density at radius 3 is 2.55 bits per heavy atom. The van der Waals surface area contributed by atoms with Crippen molar-refractivity contribution in [2.45, 2.75) is 12.8 Å². The molecular weight excluding hydrogens is 466 g/mol. The zero-order valence-corrected chi connectivity index (χ0v) is 20.0. The van der Waals surface area contributed by atoms with Crippen molar-refractivity contribution in [3.63, 3.8) is 0 Å². The fourth-order valence-corrected chi connectivity index (χ4v) is 5.57. The van der Waals surface area contributed by atoms with Crippen molar-refractivity contribution in [2.24, 2.45) is 17.8 Å². The number of rotatable bonds is 5. The van der Waals surface area contributed by atoms with Crippen LogP contribution in [0.25, 0.3) is 22.3 Å². The summed E-state index contributed by atoms with van der Waals surface area (Å²) >= 11 is 11.9. The molecule has 0 bridgehead atoms. The van der Waals surface area contributed by atoms with E-state index in [0.717, 1.165) is 11.8 Å². The van der Waals surface area contributed by atoms with Gasteiger partial charge in [0.05, 0.1) is 34.8 Å². The van der Waals surface area contributed by atoms with Gasteiger partial charge in [0.2, 0.25) is 0 Å². The summed E-state index contributed by atoms with van der Waals surface area (Å²) in [6, 6.07) is 6.52. The Kier molecular flexibility index (Phi) is 5.97. The molecule has 2 N–H and O–H groups in total. The maximum Gasteiger partial charge on any atom is 0.165 e. The monoisotopic (exact) mass is 490 g/mol. The van der Waals surface area contributed by atoms with Gasteiger partial charge in [-0.1, -0.05) is 23.2 Å². The van der Waals surface area contributed by atoms with Gasteiger partial charge in [-0.15, -0.1) is 0 Å². The number of halogens is 3. The van der Waals surface area contributed by atoms with Gasteiger partial charge in [0.1, 0.15) is 5.82 Å². The molecule has 6 nitrogen and oxygen atoms in total. The lowest BCUT2D eigenvalue weighted by atomic mass is 10.0. The zero-order chi connectivity index (χ0) is 23.3. The Labute approximate surface area is 201 Å². The average molecular weight is 491 g/mol. The highest BCUT2D eigenvalue weighted by atomic mass is 35.5. The van der Waals surface area contributed by atoms with E-state index in [1.807, 2.05) is 0 Å². The van der Waals surface area contributed by atoms with E-state index in [1.165, 1.54) is 38.1 Å². The van der Waals surface area contributed by atoms with Gasteiger partial charge < -0.3 is 20.1 Å². The van der Waals surface area contributed by atoms with Gasteiger partial charge in [-0.25, -0.2) is 14.4 Å². The molecule has 1 aliphatic heterocycles. The molecule has 3 atom stereocenters. The summed E-state index contributed by atoms with van der Waals surface area (Å²) in [5.74, 6) is 2.83. The van der Waals surface area contributed by atoms with E-state index in [9.17, 15) is 4.39 Å². The molecule has 3 aromatic rings. The number of likely N-dealkylation sites (tertiary alicyclic amines) is 1. The first-order chi connectivity index (χ1) is 15.8. The highest BCUT2D eigenvalue weighted by Gasteiger charge is 2.39. The van der Waals surface area contributed by atoms with Crippen LogP contribution in [-0.4, -0.2) is 48.7 Å². The molecule has 0 amide bonds. The minimum Gasteiger partial charge on any atom is -0.493 e. The van der Waals surface area contributed by atoms with Gasteiger partial charge in [0.15, 0.2) is 23.1 Å². The second-order valence-corrected chi connectivity index (χ2v) is 9.85. The SMILES string of the molecule is COc1cc2c(N)nc(-c3ccc(Cl)c(Cl)c3F)nc2cc1OCC1C[C@@H]2CN(C)C[C@@H]2C1. The molecule has 1 aromatic heterocycles. The summed E-state index contributed by atoms with van der Waals surface area (Å²) in [7, 11) is 3.77. The fourth-order valence-electron chi connectivity index (χ4n) is 5.26. The lowest BCUT2D eigenvalue weighted by molar-refractivity contribution is 0.227. The number of hydrogen-bond acceptors (Lipinski definition) is 6. The second kappa shape index (κ2) is 8.78. The number of ether oxygens (including phenoxy) is 2. The molecular formula is C24H25Cl2FN4O2. The molecule has 0 spiro atoms. The van der Waals surface area contributed by atoms with Gasteiger partial charge in [0.25, 0.3) is 0 Å². The standard InChI is InChI=1S/C24H25Cl2FN4O2/c1-31-9-13-5-12(6-14(13)10-31)11-33-20-8-18-16(7-19(20)32-2)23(28)30-24(29-18)15-3-4-17(25)21(26)22(15)27/h3-4,7-8,12-14H,5-6,9-11H2,1-2H3,(H2,28,29,30)/t12?,13-,14+. The van der Waals surface area contributed by atoms with Gasteiger partial charge in [-0.05, 0) is 55.8 Å². The van der Waals surface area contributed by atoms with Gasteiger partial charge in [-0.3, -0.25) is 0 Å². The smallest absolute Gasteiger partial charge is 0.165 e. The molecule has 5 rings (SSSR count). The van der Waals surface area contributed by atoms with E-state index in [2.05, 4.69) is 21.9 Å². The number of anilines is 1. The van der Waals surface area contributed by atoms with Crippen LogP contribution in [0, 0.1) is 23.6 Å². The number of benzene rings is 2. The number of fused-ring (bicyclic) bond motifs is 2. The molecule has 9 heteroatoms. The minimum atomic E-state index is -0.690. The molecule has 1 unspecified atom stereocenters. The van der Waals surface area contributed by atoms with Crippen molar-refractivity contribution in [1.82, 2.24) is 14.9 Å². The summed E-state index contributed by atoms with van der Waals surface area (Å²) in [6.07, 6.45) is 2.36. The quantitative estimate of drug-likeness (QED) is 0.489. The average Bonchev–Trinajstić information content (AvgIpc) is 3.32. The second-order valence-electron chi connectivity index (χ2n) is 9.07. The number of nitrogen functional groups attached to an aromatic ring is 1. The number of nitrogens with zero attached hydrogens (tertiary/aromatic N) is 3. The van der Waals surface area contributed by atoms with Crippen LogP contribution in [0.5, 0.6) is 11.5 Å². The number of aromatic nitrogens is 2. The Morgan fingerprint density at radius 2 is 1.85 bits per heavy atom. The van der Waals surface area contributed by atoms with E-state index in [1.54, 1.807) is 19.2 Å². The highest BCUT2D eigenvalue weighted by Crippen LogP contribution is 2.42. The molecule has 0 radical (unpaired) electrons. The third-order valence-electron chi connectivity index (χ3n) is 6.79. The number of nitrogens with two attached hydrogens (primary N) is 1. The zero-order valence-electron chi connectivity index (χ0n) is 18.4. The fraction of sp³-hybridized carbons (Fsp3) is 0.417. The first-order valence-corrected chi connectivity index (χ1v) is 11.7. The predicted molar refractivity (Wildman–Crippen MR) is 129 cm³/mol. The van der Waals surface area contributed by atoms with Crippen LogP contribution in [0.15, 0.2) is 24.3 Å². The van der Waals surface area contributed by atoms with Crippen molar-refractivity contribution in [1.29, 1.82) is 0 Å². The Bertz CT molecular complexity index is 1210. The van der Waals surface area contributed by atoms with Crippen molar-refractivity contribution < 1.29 is 13.9 Å². The van der Waals surface area contributed by atoms with Crippen LogP contribution >= 0.6 is 23.2 Å². The largest absolute Gasteiger partial charge is 0.493 e. The Morgan fingerprint density at radius 1 is 1.12 bits per heavy atom. The van der Waals surface area contributed by atoms with E-state index < -0.39 is 5.82 Å². The summed E-state index contributed by atoms with van der Waals surface area (Å²) in [5.41, 5.74) is 6.85. The van der Waals surface area contributed by atoms with Crippen molar-refractivity contribution in [2.75, 3.05) is 39.6 Å². The molecule has 174 valence electrons. The predicted octanol–water partition coefficient (Wildman–Crippen LogP) is 5.30. The number of hydrogen-bond donors (Lipinski definition) is 1. The minimum absolute atomic E-state index is 0.120. The van der Waals surface area contributed by atoms with E-state index in [-0.39, 0.29) is 27.3 Å². The van der Waals surface area contributed by atoms with Crippen LogP contribution in [-0.2, 0) is 0 Å². The summed E-state index contributed by atoms with van der Waals surface area (Å²) in [6.45, 7) is 2.96. The van der Waals surface area contributed by atoms with Gasteiger partial charge in [0, 0.05) is 24.5 Å². The van der Waals surface area contributed by atoms with Crippen LogP contribution < -0.4 is 15.2 Å². The van der Waals surface area contributed by atoms with Crippen molar-refractivity contribution in [3.05, 3.63) is 40.1 Å². The maximum absolute atomic E-state index is 14.7. The van der Waals surface area contributed by atoms with Gasteiger partial charge in [-0.2, -0.15) is 0 Å².